The van der Waals surface area contributed by atoms with Crippen LogP contribution in [-0.4, -0.2) is 11.1 Å². The fourth-order valence-electron chi connectivity index (χ4n) is 0.842. The predicted molar refractivity (Wildman–Crippen MR) is 46.1 cm³/mol. The van der Waals surface area contributed by atoms with Crippen LogP contribution in [0.2, 0.25) is 0 Å². The summed E-state index contributed by atoms with van der Waals surface area (Å²) in [5, 5.41) is 8.56. The lowest BCUT2D eigenvalue weighted by atomic mass is 10.1. The molecule has 0 heterocycles. The molecule has 0 unspecified atom stereocenters. The second-order valence-electron chi connectivity index (χ2n) is 2.31. The zero-order chi connectivity index (χ0) is 8.97. The Bertz CT molecular complexity index is 271. The van der Waals surface area contributed by atoms with Gasteiger partial charge in [0.15, 0.2) is 0 Å². The third kappa shape index (κ3) is 2.22. The quantitative estimate of drug-likeness (QED) is 0.704. The SMILES string of the molecule is O=C(O)c1ccc(CNCl)cc1. The molecule has 0 saturated heterocycles. The van der Waals surface area contributed by atoms with Crippen LogP contribution in [0.15, 0.2) is 24.3 Å². The minimum atomic E-state index is -0.916. The van der Waals surface area contributed by atoms with Gasteiger partial charge in [-0.3, -0.25) is 0 Å². The zero-order valence-electron chi connectivity index (χ0n) is 6.25. The molecule has 0 amide bonds. The highest BCUT2D eigenvalue weighted by atomic mass is 35.5. The van der Waals surface area contributed by atoms with E-state index in [9.17, 15) is 4.79 Å². The van der Waals surface area contributed by atoms with Crippen molar-refractivity contribution in [3.63, 3.8) is 0 Å². The monoisotopic (exact) mass is 185 g/mol. The largest absolute Gasteiger partial charge is 0.478 e. The third-order valence-electron chi connectivity index (χ3n) is 1.47. The summed E-state index contributed by atoms with van der Waals surface area (Å²) in [7, 11) is 0. The second kappa shape index (κ2) is 4.09. The average molecular weight is 186 g/mol. The lowest BCUT2D eigenvalue weighted by molar-refractivity contribution is 0.0697. The normalized spacial score (nSPS) is 9.75. The molecule has 0 aromatic heterocycles. The van der Waals surface area contributed by atoms with Crippen molar-refractivity contribution in [3.05, 3.63) is 35.4 Å². The van der Waals surface area contributed by atoms with Crippen molar-refractivity contribution in [1.82, 2.24) is 4.84 Å². The maximum Gasteiger partial charge on any atom is 0.335 e. The number of carboxylic acid groups (broad SMARTS) is 1. The van der Waals surface area contributed by atoms with Gasteiger partial charge >= 0.3 is 5.97 Å². The molecule has 0 atom stereocenters. The standard InChI is InChI=1S/C8H8ClNO2/c9-10-5-6-1-3-7(4-2-6)8(11)12/h1-4,10H,5H2,(H,11,12). The van der Waals surface area contributed by atoms with Gasteiger partial charge in [0, 0.05) is 6.54 Å². The first-order valence-electron chi connectivity index (χ1n) is 3.40. The first-order chi connectivity index (χ1) is 5.74. The molecule has 1 rings (SSSR count). The molecule has 0 radical (unpaired) electrons. The van der Waals surface area contributed by atoms with Crippen molar-refractivity contribution in [2.45, 2.75) is 6.54 Å². The Kier molecular flexibility index (Phi) is 3.08. The lowest BCUT2D eigenvalue weighted by Gasteiger charge is -1.98. The highest BCUT2D eigenvalue weighted by Gasteiger charge is 2.00. The molecule has 0 aliphatic heterocycles. The van der Waals surface area contributed by atoms with Crippen molar-refractivity contribution >= 4 is 17.7 Å². The first kappa shape index (κ1) is 9.03. The summed E-state index contributed by atoms with van der Waals surface area (Å²) < 4.78 is 0. The summed E-state index contributed by atoms with van der Waals surface area (Å²) in [6.07, 6.45) is 0. The number of nitrogens with one attached hydrogen (secondary N) is 1. The van der Waals surface area contributed by atoms with E-state index in [1.54, 1.807) is 24.3 Å². The molecular formula is C8H8ClNO2. The molecule has 1 aromatic rings. The number of carbonyl (C=O) groups is 1. The Labute approximate surface area is 75.1 Å². The lowest BCUT2D eigenvalue weighted by Crippen LogP contribution is -2.00. The van der Waals surface area contributed by atoms with E-state index in [0.29, 0.717) is 6.54 Å². The molecule has 12 heavy (non-hydrogen) atoms. The van der Waals surface area contributed by atoms with E-state index < -0.39 is 5.97 Å². The Balaban J connectivity index is 2.78. The van der Waals surface area contributed by atoms with E-state index in [0.717, 1.165) is 5.56 Å². The molecule has 1 aromatic carbocycles. The molecule has 0 bridgehead atoms. The number of halogens is 1. The molecule has 0 spiro atoms. The molecule has 2 N–H and O–H groups in total. The fourth-order valence-corrected chi connectivity index (χ4v) is 0.997. The fraction of sp³-hybridized carbons (Fsp3) is 0.125. The minimum Gasteiger partial charge on any atom is -0.478 e. The topological polar surface area (TPSA) is 49.3 Å². The molecule has 64 valence electrons. The number of hydrogen-bond acceptors (Lipinski definition) is 2. The summed E-state index contributed by atoms with van der Waals surface area (Å²) in [6.45, 7) is 0.529. The Morgan fingerprint density at radius 3 is 2.42 bits per heavy atom. The van der Waals surface area contributed by atoms with Crippen LogP contribution in [0.5, 0.6) is 0 Å². The van der Waals surface area contributed by atoms with Gasteiger partial charge in [-0.1, -0.05) is 12.1 Å². The van der Waals surface area contributed by atoms with Gasteiger partial charge in [0.1, 0.15) is 0 Å². The van der Waals surface area contributed by atoms with Gasteiger partial charge < -0.3 is 5.11 Å². The summed E-state index contributed by atoms with van der Waals surface area (Å²) >= 11 is 5.27. The number of aromatic carboxylic acids is 1. The maximum atomic E-state index is 10.4. The van der Waals surface area contributed by atoms with Crippen molar-refractivity contribution in [3.8, 4) is 0 Å². The van der Waals surface area contributed by atoms with Crippen molar-refractivity contribution in [2.75, 3.05) is 0 Å². The number of rotatable bonds is 3. The summed E-state index contributed by atoms with van der Waals surface area (Å²) in [5.74, 6) is -0.916. The van der Waals surface area contributed by atoms with E-state index in [1.807, 2.05) is 0 Å². The number of hydrogen-bond donors (Lipinski definition) is 2. The zero-order valence-corrected chi connectivity index (χ0v) is 7.01. The van der Waals surface area contributed by atoms with Crippen molar-refractivity contribution in [2.24, 2.45) is 0 Å². The van der Waals surface area contributed by atoms with Crippen LogP contribution < -0.4 is 4.84 Å². The highest BCUT2D eigenvalue weighted by molar-refractivity contribution is 6.13. The van der Waals surface area contributed by atoms with Crippen LogP contribution in [0.4, 0.5) is 0 Å². The third-order valence-corrected chi connectivity index (χ3v) is 1.61. The average Bonchev–Trinajstić information content (AvgIpc) is 2.06. The molecule has 0 aliphatic rings. The van der Waals surface area contributed by atoms with Crippen LogP contribution in [-0.2, 0) is 6.54 Å². The number of benzene rings is 1. The van der Waals surface area contributed by atoms with Crippen molar-refractivity contribution in [1.29, 1.82) is 0 Å². The highest BCUT2D eigenvalue weighted by Crippen LogP contribution is 2.04. The Hall–Kier alpha value is -1.06. The first-order valence-corrected chi connectivity index (χ1v) is 3.77. The van der Waals surface area contributed by atoms with E-state index in [4.69, 9.17) is 16.9 Å². The van der Waals surface area contributed by atoms with Gasteiger partial charge in [-0.2, -0.15) is 0 Å². The van der Waals surface area contributed by atoms with Crippen LogP contribution in [0, 0.1) is 0 Å². The molecule has 0 aliphatic carbocycles. The van der Waals surface area contributed by atoms with Gasteiger partial charge in [-0.15, -0.1) is 0 Å². The Morgan fingerprint density at radius 2 is 2.00 bits per heavy atom. The summed E-state index contributed by atoms with van der Waals surface area (Å²) in [5.41, 5.74) is 1.24. The van der Waals surface area contributed by atoms with E-state index in [-0.39, 0.29) is 5.56 Å². The molecule has 3 nitrogen and oxygen atoms in total. The van der Waals surface area contributed by atoms with E-state index in [2.05, 4.69) is 4.84 Å². The van der Waals surface area contributed by atoms with Gasteiger partial charge in [0.05, 0.1) is 5.56 Å². The number of carboxylic acids is 1. The van der Waals surface area contributed by atoms with Crippen LogP contribution in [0.25, 0.3) is 0 Å². The van der Waals surface area contributed by atoms with Crippen LogP contribution in [0.1, 0.15) is 15.9 Å². The molecule has 4 heteroatoms. The molecule has 0 saturated carbocycles. The smallest absolute Gasteiger partial charge is 0.335 e. The maximum absolute atomic E-state index is 10.4. The van der Waals surface area contributed by atoms with Gasteiger partial charge in [0.2, 0.25) is 0 Å². The molecule has 0 fully saturated rings. The van der Waals surface area contributed by atoms with Crippen LogP contribution in [0.3, 0.4) is 0 Å². The second-order valence-corrected chi connectivity index (χ2v) is 2.58. The van der Waals surface area contributed by atoms with E-state index >= 15 is 0 Å². The van der Waals surface area contributed by atoms with Gasteiger partial charge in [-0.25, -0.2) is 9.63 Å². The van der Waals surface area contributed by atoms with Crippen LogP contribution >= 0.6 is 11.8 Å². The van der Waals surface area contributed by atoms with Gasteiger partial charge in [0.25, 0.3) is 0 Å². The summed E-state index contributed by atoms with van der Waals surface area (Å²) in [6, 6.07) is 6.54. The van der Waals surface area contributed by atoms with E-state index in [1.165, 1.54) is 0 Å². The minimum absolute atomic E-state index is 0.285. The summed E-state index contributed by atoms with van der Waals surface area (Å²) in [4.78, 5) is 12.9. The molecular weight excluding hydrogens is 178 g/mol. The van der Waals surface area contributed by atoms with Crippen molar-refractivity contribution < 1.29 is 9.90 Å². The Morgan fingerprint density at radius 1 is 1.42 bits per heavy atom. The van der Waals surface area contributed by atoms with Gasteiger partial charge in [-0.05, 0) is 29.5 Å². The predicted octanol–water partition coefficient (Wildman–Crippen LogP) is 1.63.